The maximum atomic E-state index is 11.9. The summed E-state index contributed by atoms with van der Waals surface area (Å²) in [4.78, 5) is 11.9. The molecule has 0 unspecified atom stereocenters. The molecule has 0 fully saturated rings. The van der Waals surface area contributed by atoms with E-state index < -0.39 is 11.6 Å². The van der Waals surface area contributed by atoms with Crippen molar-refractivity contribution in [3.63, 3.8) is 0 Å². The van der Waals surface area contributed by atoms with Crippen LogP contribution in [-0.4, -0.2) is 27.9 Å². The fraction of sp³-hybridized carbons (Fsp3) is 0.615. The van der Waals surface area contributed by atoms with Gasteiger partial charge in [-0.25, -0.2) is 4.79 Å². The number of carbonyl (C=O) groups excluding carboxylic acids is 1. The average molecular weight is 254 g/mol. The van der Waals surface area contributed by atoms with E-state index in [1.165, 1.54) is 0 Å². The molecule has 0 atom stereocenters. The van der Waals surface area contributed by atoms with Gasteiger partial charge in [0.2, 0.25) is 0 Å². The summed E-state index contributed by atoms with van der Waals surface area (Å²) < 4.78 is 6.91. The lowest BCUT2D eigenvalue weighted by molar-refractivity contribution is 0.0235. The smallest absolute Gasteiger partial charge is 0.355 e. The van der Waals surface area contributed by atoms with E-state index in [0.717, 1.165) is 0 Å². The van der Waals surface area contributed by atoms with Crippen LogP contribution in [-0.2, 0) is 4.74 Å². The predicted octanol–water partition coefficient (Wildman–Crippen LogP) is 1.97. The summed E-state index contributed by atoms with van der Waals surface area (Å²) in [6.45, 7) is 7.47. The molecular weight excluding hydrogens is 232 g/mol. The molecule has 0 aliphatic heterocycles. The van der Waals surface area contributed by atoms with E-state index in [1.54, 1.807) is 30.7 Å². The highest BCUT2D eigenvalue weighted by Gasteiger charge is 2.18. The number of carbonyl (C=O) groups is 1. The molecule has 0 saturated carbocycles. The van der Waals surface area contributed by atoms with Crippen molar-refractivity contribution in [2.75, 3.05) is 12.3 Å². The Balaban J connectivity index is 2.67. The van der Waals surface area contributed by atoms with Gasteiger partial charge in [0.25, 0.3) is 0 Å². The summed E-state index contributed by atoms with van der Waals surface area (Å²) in [6, 6.07) is 1.74. The number of hydrogen-bond donors (Lipinski definition) is 2. The van der Waals surface area contributed by atoms with E-state index in [4.69, 9.17) is 10.5 Å². The number of aliphatic hydroxyl groups is 1. The summed E-state index contributed by atoms with van der Waals surface area (Å²) in [6.07, 6.45) is 2.12. The van der Waals surface area contributed by atoms with Gasteiger partial charge in [0.1, 0.15) is 5.69 Å². The lowest BCUT2D eigenvalue weighted by Gasteiger charge is -2.17. The third kappa shape index (κ3) is 4.07. The van der Waals surface area contributed by atoms with Crippen LogP contribution >= 0.6 is 0 Å². The Hall–Kier alpha value is -1.49. The zero-order valence-electron chi connectivity index (χ0n) is 11.4. The number of ether oxygens (including phenoxy) is 1. The Morgan fingerprint density at radius 1 is 1.56 bits per heavy atom. The fourth-order valence-electron chi connectivity index (χ4n) is 1.56. The summed E-state index contributed by atoms with van der Waals surface area (Å²) in [5.74, 6) is -0.412. The number of anilines is 1. The van der Waals surface area contributed by atoms with Crippen molar-refractivity contribution in [1.82, 2.24) is 4.57 Å². The van der Waals surface area contributed by atoms with Crippen LogP contribution in [0.4, 0.5) is 5.69 Å². The molecule has 0 aliphatic rings. The number of hydrogen-bond acceptors (Lipinski definition) is 4. The van der Waals surface area contributed by atoms with E-state index in [0.29, 0.717) is 17.8 Å². The second-order valence-electron chi connectivity index (χ2n) is 5.36. The van der Waals surface area contributed by atoms with Gasteiger partial charge in [0.05, 0.1) is 17.9 Å². The van der Waals surface area contributed by atoms with Gasteiger partial charge in [-0.1, -0.05) is 0 Å². The number of aromatic nitrogens is 1. The number of esters is 1. The molecule has 0 aliphatic carbocycles. The molecule has 1 rings (SSSR count). The van der Waals surface area contributed by atoms with Crippen molar-refractivity contribution in [1.29, 1.82) is 0 Å². The molecule has 0 radical (unpaired) electrons. The summed E-state index contributed by atoms with van der Waals surface area (Å²) in [5.41, 5.74) is 5.83. The first-order valence-electron chi connectivity index (χ1n) is 6.07. The molecule has 1 heterocycles. The standard InChI is InChI=1S/C13H22N2O3/c1-9(2)15-8-10(14)7-11(15)12(16)18-6-5-13(3,4)17/h7-9,17H,5-6,14H2,1-4H3. The highest BCUT2D eigenvalue weighted by molar-refractivity contribution is 5.89. The molecule has 1 aromatic rings. The molecule has 102 valence electrons. The normalized spacial score (nSPS) is 11.9. The first-order valence-corrected chi connectivity index (χ1v) is 6.07. The molecule has 5 heteroatoms. The van der Waals surface area contributed by atoms with Gasteiger partial charge in [-0.3, -0.25) is 0 Å². The van der Waals surface area contributed by atoms with E-state index in [2.05, 4.69) is 0 Å². The summed E-state index contributed by atoms with van der Waals surface area (Å²) >= 11 is 0. The maximum Gasteiger partial charge on any atom is 0.355 e. The fourth-order valence-corrected chi connectivity index (χ4v) is 1.56. The third-order valence-electron chi connectivity index (χ3n) is 2.58. The number of nitrogens with two attached hydrogens (primary N) is 1. The number of nitrogen functional groups attached to an aromatic ring is 1. The molecular formula is C13H22N2O3. The van der Waals surface area contributed by atoms with Crippen LogP contribution in [0, 0.1) is 0 Å². The molecule has 1 aromatic heterocycles. The van der Waals surface area contributed by atoms with E-state index in [9.17, 15) is 9.90 Å². The maximum absolute atomic E-state index is 11.9. The SMILES string of the molecule is CC(C)n1cc(N)cc1C(=O)OCCC(C)(C)O. The van der Waals surface area contributed by atoms with Gasteiger partial charge < -0.3 is 20.1 Å². The minimum Gasteiger partial charge on any atom is -0.461 e. The predicted molar refractivity (Wildman–Crippen MR) is 70.4 cm³/mol. The second-order valence-corrected chi connectivity index (χ2v) is 5.36. The van der Waals surface area contributed by atoms with E-state index >= 15 is 0 Å². The van der Waals surface area contributed by atoms with Crippen LogP contribution < -0.4 is 5.73 Å². The van der Waals surface area contributed by atoms with Gasteiger partial charge >= 0.3 is 5.97 Å². The van der Waals surface area contributed by atoms with Crippen molar-refractivity contribution in [2.24, 2.45) is 0 Å². The number of nitrogens with zero attached hydrogens (tertiary/aromatic N) is 1. The molecule has 0 aromatic carbocycles. The topological polar surface area (TPSA) is 77.5 Å². The lowest BCUT2D eigenvalue weighted by atomic mass is 10.1. The van der Waals surface area contributed by atoms with Crippen LogP contribution in [0.5, 0.6) is 0 Å². The summed E-state index contributed by atoms with van der Waals surface area (Å²) in [5, 5.41) is 9.53. The van der Waals surface area contributed by atoms with Crippen LogP contribution in [0.2, 0.25) is 0 Å². The second kappa shape index (κ2) is 5.44. The van der Waals surface area contributed by atoms with Crippen molar-refractivity contribution < 1.29 is 14.6 Å². The van der Waals surface area contributed by atoms with E-state index in [1.807, 2.05) is 13.8 Å². The molecule has 18 heavy (non-hydrogen) atoms. The zero-order chi connectivity index (χ0) is 13.9. The Bertz CT molecular complexity index is 416. The Morgan fingerprint density at radius 2 is 2.17 bits per heavy atom. The minimum atomic E-state index is -0.834. The van der Waals surface area contributed by atoms with Crippen molar-refractivity contribution in [2.45, 2.75) is 45.8 Å². The van der Waals surface area contributed by atoms with Crippen molar-refractivity contribution >= 4 is 11.7 Å². The minimum absolute atomic E-state index is 0.138. The van der Waals surface area contributed by atoms with Crippen LogP contribution in [0.25, 0.3) is 0 Å². The molecule has 0 saturated heterocycles. The van der Waals surface area contributed by atoms with Crippen LogP contribution in [0.15, 0.2) is 12.3 Å². The average Bonchev–Trinajstić information content (AvgIpc) is 2.58. The largest absolute Gasteiger partial charge is 0.461 e. The Labute approximate surface area is 108 Å². The number of rotatable bonds is 5. The monoisotopic (exact) mass is 254 g/mol. The third-order valence-corrected chi connectivity index (χ3v) is 2.58. The molecule has 0 amide bonds. The van der Waals surface area contributed by atoms with E-state index in [-0.39, 0.29) is 12.6 Å². The first-order chi connectivity index (χ1) is 8.20. The van der Waals surface area contributed by atoms with Crippen LogP contribution in [0.1, 0.15) is 50.6 Å². The van der Waals surface area contributed by atoms with Gasteiger partial charge in [-0.15, -0.1) is 0 Å². The highest BCUT2D eigenvalue weighted by atomic mass is 16.5. The van der Waals surface area contributed by atoms with Crippen molar-refractivity contribution in [3.8, 4) is 0 Å². The van der Waals surface area contributed by atoms with Gasteiger partial charge in [-0.05, 0) is 33.8 Å². The Morgan fingerprint density at radius 3 is 2.67 bits per heavy atom. The van der Waals surface area contributed by atoms with Crippen LogP contribution in [0.3, 0.4) is 0 Å². The summed E-state index contributed by atoms with van der Waals surface area (Å²) in [7, 11) is 0. The first kappa shape index (κ1) is 14.6. The lowest BCUT2D eigenvalue weighted by Crippen LogP contribution is -2.22. The van der Waals surface area contributed by atoms with Crippen molar-refractivity contribution in [3.05, 3.63) is 18.0 Å². The Kier molecular flexibility index (Phi) is 4.40. The molecule has 0 spiro atoms. The highest BCUT2D eigenvalue weighted by Crippen LogP contribution is 2.17. The zero-order valence-corrected chi connectivity index (χ0v) is 11.4. The quantitative estimate of drug-likeness (QED) is 0.787. The van der Waals surface area contributed by atoms with Gasteiger partial charge in [0.15, 0.2) is 0 Å². The van der Waals surface area contributed by atoms with Gasteiger partial charge in [-0.2, -0.15) is 0 Å². The molecule has 3 N–H and O–H groups in total. The molecule has 5 nitrogen and oxygen atoms in total. The molecule has 0 bridgehead atoms. The van der Waals surface area contributed by atoms with Gasteiger partial charge in [0, 0.05) is 18.7 Å².